The molecule has 0 bridgehead atoms. The van der Waals surface area contributed by atoms with Crippen molar-refractivity contribution < 1.29 is 14.0 Å². The Bertz CT molecular complexity index is 792. The highest BCUT2D eigenvalue weighted by atomic mass is 19.1. The van der Waals surface area contributed by atoms with Crippen molar-refractivity contribution in [1.82, 2.24) is 9.80 Å². The molecule has 0 aliphatic carbocycles. The van der Waals surface area contributed by atoms with Crippen molar-refractivity contribution in [3.63, 3.8) is 0 Å². The molecule has 0 radical (unpaired) electrons. The number of hydrogen-bond acceptors (Lipinski definition) is 2. The Morgan fingerprint density at radius 3 is 2.48 bits per heavy atom. The molecule has 1 fully saturated rings. The standard InChI is InChI=1S/C20H21FN2O2/c1-14-7-6-10-17(19(14)21)12-23-15(2)20(25)22(13-18(23)24)11-16-8-4-3-5-9-16/h3-10,15H,11-13H2,1-2H3/t15-/m0/s1. The molecule has 4 nitrogen and oxygen atoms in total. The molecular weight excluding hydrogens is 319 g/mol. The summed E-state index contributed by atoms with van der Waals surface area (Å²) in [5, 5.41) is 0. The van der Waals surface area contributed by atoms with E-state index in [4.69, 9.17) is 0 Å². The number of halogens is 1. The van der Waals surface area contributed by atoms with E-state index < -0.39 is 6.04 Å². The van der Waals surface area contributed by atoms with Crippen molar-refractivity contribution in [3.8, 4) is 0 Å². The highest BCUT2D eigenvalue weighted by Crippen LogP contribution is 2.20. The SMILES string of the molecule is Cc1cccc(CN2C(=O)CN(Cc3ccccc3)C(=O)[C@@H]2C)c1F. The van der Waals surface area contributed by atoms with Gasteiger partial charge in [-0.25, -0.2) is 4.39 Å². The summed E-state index contributed by atoms with van der Waals surface area (Å²) in [5.74, 6) is -0.595. The van der Waals surface area contributed by atoms with E-state index in [0.29, 0.717) is 17.7 Å². The number of rotatable bonds is 4. The molecule has 1 aliphatic rings. The lowest BCUT2D eigenvalue weighted by atomic mass is 10.1. The van der Waals surface area contributed by atoms with E-state index in [9.17, 15) is 14.0 Å². The molecule has 0 unspecified atom stereocenters. The maximum Gasteiger partial charge on any atom is 0.245 e. The molecular formula is C20H21FN2O2. The molecule has 1 aliphatic heterocycles. The number of piperazine rings is 1. The van der Waals surface area contributed by atoms with Crippen LogP contribution in [-0.4, -0.2) is 34.2 Å². The number of amides is 2. The van der Waals surface area contributed by atoms with E-state index in [1.165, 1.54) is 4.90 Å². The van der Waals surface area contributed by atoms with Gasteiger partial charge in [-0.05, 0) is 25.0 Å². The molecule has 25 heavy (non-hydrogen) atoms. The molecule has 0 aromatic heterocycles. The molecule has 1 saturated heterocycles. The third-order valence-electron chi connectivity index (χ3n) is 4.61. The van der Waals surface area contributed by atoms with E-state index in [1.54, 1.807) is 36.9 Å². The number of nitrogens with zero attached hydrogens (tertiary/aromatic N) is 2. The monoisotopic (exact) mass is 340 g/mol. The second-order valence-corrected chi connectivity index (χ2v) is 6.43. The van der Waals surface area contributed by atoms with Crippen molar-refractivity contribution in [2.24, 2.45) is 0 Å². The molecule has 5 heteroatoms. The van der Waals surface area contributed by atoms with Gasteiger partial charge in [0.25, 0.3) is 0 Å². The number of benzene rings is 2. The Morgan fingerprint density at radius 1 is 1.04 bits per heavy atom. The summed E-state index contributed by atoms with van der Waals surface area (Å²) in [4.78, 5) is 28.2. The Morgan fingerprint density at radius 2 is 1.76 bits per heavy atom. The van der Waals surface area contributed by atoms with Gasteiger partial charge in [0.05, 0.1) is 0 Å². The van der Waals surface area contributed by atoms with Crippen LogP contribution in [0.3, 0.4) is 0 Å². The fraction of sp³-hybridized carbons (Fsp3) is 0.300. The van der Waals surface area contributed by atoms with Crippen LogP contribution in [0.5, 0.6) is 0 Å². The summed E-state index contributed by atoms with van der Waals surface area (Å²) in [5.41, 5.74) is 1.95. The van der Waals surface area contributed by atoms with Gasteiger partial charge in [-0.1, -0.05) is 48.5 Å². The van der Waals surface area contributed by atoms with Crippen molar-refractivity contribution >= 4 is 11.8 Å². The van der Waals surface area contributed by atoms with Gasteiger partial charge in [-0.3, -0.25) is 9.59 Å². The number of hydrogen-bond donors (Lipinski definition) is 0. The van der Waals surface area contributed by atoms with Crippen LogP contribution in [-0.2, 0) is 22.7 Å². The van der Waals surface area contributed by atoms with Gasteiger partial charge in [0.1, 0.15) is 18.4 Å². The van der Waals surface area contributed by atoms with Gasteiger partial charge in [-0.2, -0.15) is 0 Å². The second kappa shape index (κ2) is 7.05. The van der Waals surface area contributed by atoms with Gasteiger partial charge >= 0.3 is 0 Å². The van der Waals surface area contributed by atoms with Gasteiger partial charge in [0.2, 0.25) is 11.8 Å². The van der Waals surface area contributed by atoms with Gasteiger partial charge in [-0.15, -0.1) is 0 Å². The summed E-state index contributed by atoms with van der Waals surface area (Å²) < 4.78 is 14.2. The lowest BCUT2D eigenvalue weighted by Gasteiger charge is -2.39. The highest BCUT2D eigenvalue weighted by molar-refractivity contribution is 5.94. The fourth-order valence-electron chi connectivity index (χ4n) is 3.12. The molecule has 0 N–H and O–H groups in total. The summed E-state index contributed by atoms with van der Waals surface area (Å²) in [7, 11) is 0. The molecule has 1 heterocycles. The van der Waals surface area contributed by atoms with Crippen LogP contribution < -0.4 is 0 Å². The average Bonchev–Trinajstić information content (AvgIpc) is 2.61. The van der Waals surface area contributed by atoms with E-state index in [0.717, 1.165) is 5.56 Å². The summed E-state index contributed by atoms with van der Waals surface area (Å²) in [6, 6.07) is 14.1. The lowest BCUT2D eigenvalue weighted by Crippen LogP contribution is -2.58. The Kier molecular flexibility index (Phi) is 4.83. The molecule has 130 valence electrons. The van der Waals surface area contributed by atoms with E-state index in [-0.39, 0.29) is 30.7 Å². The lowest BCUT2D eigenvalue weighted by molar-refractivity contribution is -0.156. The predicted molar refractivity (Wildman–Crippen MR) is 93.0 cm³/mol. The number of carbonyl (C=O) groups excluding carboxylic acids is 2. The number of aryl methyl sites for hydroxylation is 1. The van der Waals surface area contributed by atoms with Crippen LogP contribution in [0.1, 0.15) is 23.6 Å². The van der Waals surface area contributed by atoms with Crippen LogP contribution in [0.2, 0.25) is 0 Å². The predicted octanol–water partition coefficient (Wildman–Crippen LogP) is 2.89. The van der Waals surface area contributed by atoms with Crippen molar-refractivity contribution in [3.05, 3.63) is 71.0 Å². The Balaban J connectivity index is 1.75. The average molecular weight is 340 g/mol. The first-order valence-corrected chi connectivity index (χ1v) is 8.33. The van der Waals surface area contributed by atoms with Gasteiger partial charge < -0.3 is 9.80 Å². The van der Waals surface area contributed by atoms with Crippen LogP contribution in [0.15, 0.2) is 48.5 Å². The fourth-order valence-corrected chi connectivity index (χ4v) is 3.12. The zero-order valence-electron chi connectivity index (χ0n) is 14.4. The molecule has 2 aromatic rings. The first-order valence-electron chi connectivity index (χ1n) is 8.33. The Labute approximate surface area is 146 Å². The van der Waals surface area contributed by atoms with Crippen LogP contribution in [0.25, 0.3) is 0 Å². The molecule has 3 rings (SSSR count). The normalized spacial score (nSPS) is 18.0. The summed E-state index contributed by atoms with van der Waals surface area (Å²) in [6.45, 7) is 3.92. The minimum absolute atomic E-state index is 0.0193. The minimum Gasteiger partial charge on any atom is -0.327 e. The topological polar surface area (TPSA) is 40.6 Å². The molecule has 0 saturated carbocycles. The highest BCUT2D eigenvalue weighted by Gasteiger charge is 2.36. The summed E-state index contributed by atoms with van der Waals surface area (Å²) in [6.07, 6.45) is 0. The smallest absolute Gasteiger partial charge is 0.245 e. The summed E-state index contributed by atoms with van der Waals surface area (Å²) >= 11 is 0. The maximum absolute atomic E-state index is 14.2. The van der Waals surface area contributed by atoms with E-state index in [1.807, 2.05) is 30.3 Å². The molecule has 2 amide bonds. The quantitative estimate of drug-likeness (QED) is 0.859. The second-order valence-electron chi connectivity index (χ2n) is 6.43. The molecule has 1 atom stereocenters. The zero-order valence-corrected chi connectivity index (χ0v) is 14.4. The Hall–Kier alpha value is -2.69. The molecule has 2 aromatic carbocycles. The first kappa shape index (κ1) is 17.1. The van der Waals surface area contributed by atoms with Gasteiger partial charge in [0.15, 0.2) is 0 Å². The van der Waals surface area contributed by atoms with Crippen LogP contribution in [0.4, 0.5) is 4.39 Å². The van der Waals surface area contributed by atoms with E-state index >= 15 is 0 Å². The zero-order chi connectivity index (χ0) is 18.0. The van der Waals surface area contributed by atoms with Crippen molar-refractivity contribution in [2.75, 3.05) is 6.54 Å². The van der Waals surface area contributed by atoms with Crippen LogP contribution >= 0.6 is 0 Å². The number of carbonyl (C=O) groups is 2. The van der Waals surface area contributed by atoms with Gasteiger partial charge in [0, 0.05) is 18.7 Å². The first-order chi connectivity index (χ1) is 12.0. The van der Waals surface area contributed by atoms with Crippen molar-refractivity contribution in [1.29, 1.82) is 0 Å². The van der Waals surface area contributed by atoms with E-state index in [2.05, 4.69) is 0 Å². The maximum atomic E-state index is 14.2. The third kappa shape index (κ3) is 3.55. The molecule has 0 spiro atoms. The minimum atomic E-state index is -0.607. The van der Waals surface area contributed by atoms with Crippen molar-refractivity contribution in [2.45, 2.75) is 33.0 Å². The third-order valence-corrected chi connectivity index (χ3v) is 4.61. The largest absolute Gasteiger partial charge is 0.327 e. The van der Waals surface area contributed by atoms with Crippen LogP contribution in [0, 0.1) is 12.7 Å².